The van der Waals surface area contributed by atoms with Gasteiger partial charge in [-0.25, -0.2) is 15.0 Å². The number of amides is 1. The lowest BCUT2D eigenvalue weighted by Crippen LogP contribution is -2.24. The molecular weight excluding hydrogens is 524 g/mol. The number of nitrogen functional groups attached to an aromatic ring is 1. The molecular formula is C30H50N6O5. The van der Waals surface area contributed by atoms with Gasteiger partial charge in [0.2, 0.25) is 5.91 Å². The Balaban J connectivity index is 1.15. The van der Waals surface area contributed by atoms with Crippen molar-refractivity contribution in [2.45, 2.75) is 135 Å². The molecule has 2 aromatic rings. The first-order chi connectivity index (χ1) is 20.0. The van der Waals surface area contributed by atoms with E-state index in [1.807, 2.05) is 0 Å². The Bertz CT molecular complexity index is 1050. The standard InChI is InChI=1S/C30H50N6O5/c1-2-3-4-5-6-7-8-9-10-11-13-16-25(38)32-18-15-12-14-17-26(39)40-20-23-19-24(37)30(41-23)36-22-35-27-28(31)33-21-34-29(27)36/h21-24,30,37H,2-20H2,1H3,(H,32,38)(H2,31,33,34)/t23-,24?,30+/m0/s1. The first kappa shape index (κ1) is 32.7. The van der Waals surface area contributed by atoms with E-state index >= 15 is 0 Å². The van der Waals surface area contributed by atoms with Gasteiger partial charge >= 0.3 is 5.97 Å². The number of carbonyl (C=O) groups is 2. The van der Waals surface area contributed by atoms with E-state index in [0.717, 1.165) is 25.7 Å². The lowest BCUT2D eigenvalue weighted by molar-refractivity contribution is -0.148. The van der Waals surface area contributed by atoms with E-state index in [9.17, 15) is 14.7 Å². The predicted molar refractivity (Wildman–Crippen MR) is 158 cm³/mol. The molecule has 0 aliphatic carbocycles. The van der Waals surface area contributed by atoms with Crippen LogP contribution in [0.3, 0.4) is 0 Å². The summed E-state index contributed by atoms with van der Waals surface area (Å²) >= 11 is 0. The highest BCUT2D eigenvalue weighted by molar-refractivity contribution is 5.81. The second-order valence-electron chi connectivity index (χ2n) is 11.2. The summed E-state index contributed by atoms with van der Waals surface area (Å²) < 4.78 is 12.9. The number of esters is 1. The third kappa shape index (κ3) is 11.5. The van der Waals surface area contributed by atoms with Crippen LogP contribution in [0.25, 0.3) is 11.2 Å². The number of aromatic nitrogens is 4. The van der Waals surface area contributed by atoms with Crippen LogP contribution in [0.5, 0.6) is 0 Å². The van der Waals surface area contributed by atoms with Gasteiger partial charge in [0.05, 0.1) is 12.4 Å². The zero-order chi connectivity index (χ0) is 29.3. The zero-order valence-electron chi connectivity index (χ0n) is 24.8. The van der Waals surface area contributed by atoms with Crippen molar-refractivity contribution in [3.63, 3.8) is 0 Å². The second-order valence-corrected chi connectivity index (χ2v) is 11.2. The van der Waals surface area contributed by atoms with Gasteiger partial charge < -0.3 is 25.6 Å². The van der Waals surface area contributed by atoms with Gasteiger partial charge in [0.15, 0.2) is 17.7 Å². The number of hydrogen-bond acceptors (Lipinski definition) is 9. The lowest BCUT2D eigenvalue weighted by atomic mass is 10.1. The maximum Gasteiger partial charge on any atom is 0.305 e. The molecule has 1 amide bonds. The molecule has 11 nitrogen and oxygen atoms in total. The van der Waals surface area contributed by atoms with Gasteiger partial charge in [-0.05, 0) is 19.3 Å². The summed E-state index contributed by atoms with van der Waals surface area (Å²) in [5.74, 6) is 0.0892. The summed E-state index contributed by atoms with van der Waals surface area (Å²) in [4.78, 5) is 36.5. The van der Waals surface area contributed by atoms with Crippen molar-refractivity contribution in [1.82, 2.24) is 24.8 Å². The van der Waals surface area contributed by atoms with Gasteiger partial charge in [0.25, 0.3) is 0 Å². The maximum atomic E-state index is 12.2. The summed E-state index contributed by atoms with van der Waals surface area (Å²) in [6.45, 7) is 2.96. The Kier molecular flexibility index (Phi) is 14.8. The number of hydrogen-bond donors (Lipinski definition) is 3. The van der Waals surface area contributed by atoms with Crippen LogP contribution in [-0.4, -0.2) is 61.9 Å². The molecule has 1 aliphatic heterocycles. The fourth-order valence-corrected chi connectivity index (χ4v) is 5.24. The van der Waals surface area contributed by atoms with Crippen LogP contribution in [0.15, 0.2) is 12.7 Å². The molecule has 3 heterocycles. The Hall–Kier alpha value is -2.79. The SMILES string of the molecule is CCCCCCCCCCCCCC(=O)NCCCCCC(=O)OC[C@@H]1CC(O)[C@H](n2cnc3c(N)ncnc32)O1. The monoisotopic (exact) mass is 574 g/mol. The van der Waals surface area contributed by atoms with Gasteiger partial charge in [0, 0.05) is 25.8 Å². The van der Waals surface area contributed by atoms with E-state index in [2.05, 4.69) is 27.2 Å². The summed E-state index contributed by atoms with van der Waals surface area (Å²) in [6, 6.07) is 0. The number of aliphatic hydroxyl groups is 1. The molecule has 0 radical (unpaired) electrons. The highest BCUT2D eigenvalue weighted by Crippen LogP contribution is 2.31. The number of nitrogens with one attached hydrogen (secondary N) is 1. The van der Waals surface area contributed by atoms with Crippen molar-refractivity contribution in [2.75, 3.05) is 18.9 Å². The van der Waals surface area contributed by atoms with Gasteiger partial charge in [-0.3, -0.25) is 14.2 Å². The highest BCUT2D eigenvalue weighted by Gasteiger charge is 2.37. The van der Waals surface area contributed by atoms with Gasteiger partial charge in [0.1, 0.15) is 24.6 Å². The molecule has 0 aromatic carbocycles. The van der Waals surface area contributed by atoms with Crippen LogP contribution < -0.4 is 11.1 Å². The normalized spacial score (nSPS) is 18.6. The highest BCUT2D eigenvalue weighted by atomic mass is 16.6. The molecule has 4 N–H and O–H groups in total. The molecule has 1 fully saturated rings. The molecule has 41 heavy (non-hydrogen) atoms. The third-order valence-corrected chi connectivity index (χ3v) is 7.64. The minimum Gasteiger partial charge on any atom is -0.463 e. The lowest BCUT2D eigenvalue weighted by Gasteiger charge is -2.17. The molecule has 0 saturated carbocycles. The number of nitrogens with zero attached hydrogens (tertiary/aromatic N) is 4. The van der Waals surface area contributed by atoms with Crippen molar-refractivity contribution >= 4 is 28.9 Å². The van der Waals surface area contributed by atoms with Crippen LogP contribution >= 0.6 is 0 Å². The summed E-state index contributed by atoms with van der Waals surface area (Å²) in [5.41, 5.74) is 6.76. The van der Waals surface area contributed by atoms with E-state index in [1.165, 1.54) is 70.4 Å². The van der Waals surface area contributed by atoms with E-state index in [0.29, 0.717) is 43.4 Å². The van der Waals surface area contributed by atoms with Crippen LogP contribution in [0, 0.1) is 0 Å². The van der Waals surface area contributed by atoms with E-state index in [1.54, 1.807) is 4.57 Å². The van der Waals surface area contributed by atoms with E-state index in [-0.39, 0.29) is 24.3 Å². The van der Waals surface area contributed by atoms with Gasteiger partial charge in [-0.1, -0.05) is 77.6 Å². The number of unbranched alkanes of at least 4 members (excludes halogenated alkanes) is 12. The van der Waals surface area contributed by atoms with Crippen LogP contribution in [0.1, 0.15) is 122 Å². The van der Waals surface area contributed by atoms with Crippen molar-refractivity contribution in [3.05, 3.63) is 12.7 Å². The molecule has 0 bridgehead atoms. The topological polar surface area (TPSA) is 154 Å². The maximum absolute atomic E-state index is 12.2. The molecule has 230 valence electrons. The van der Waals surface area contributed by atoms with Crippen molar-refractivity contribution < 1.29 is 24.2 Å². The van der Waals surface area contributed by atoms with Crippen LogP contribution in [0.4, 0.5) is 5.82 Å². The number of carbonyl (C=O) groups excluding carboxylic acids is 2. The number of imidazole rings is 1. The molecule has 3 atom stereocenters. The largest absolute Gasteiger partial charge is 0.463 e. The average molecular weight is 575 g/mol. The Morgan fingerprint density at radius 1 is 0.976 bits per heavy atom. The first-order valence-electron chi connectivity index (χ1n) is 15.7. The minimum atomic E-state index is -0.794. The summed E-state index contributed by atoms with van der Waals surface area (Å²) in [6.07, 6.45) is 18.6. The molecule has 11 heteroatoms. The summed E-state index contributed by atoms with van der Waals surface area (Å²) in [5, 5.41) is 13.5. The number of aliphatic hydroxyl groups excluding tert-OH is 1. The number of ether oxygens (including phenoxy) is 2. The molecule has 2 aromatic heterocycles. The quantitative estimate of drug-likeness (QED) is 0.138. The number of rotatable bonds is 21. The molecule has 1 aliphatic rings. The fourth-order valence-electron chi connectivity index (χ4n) is 5.24. The zero-order valence-corrected chi connectivity index (χ0v) is 24.8. The Morgan fingerprint density at radius 2 is 1.63 bits per heavy atom. The Labute approximate surface area is 244 Å². The van der Waals surface area contributed by atoms with Crippen molar-refractivity contribution in [2.24, 2.45) is 0 Å². The van der Waals surface area contributed by atoms with E-state index in [4.69, 9.17) is 15.2 Å². The third-order valence-electron chi connectivity index (χ3n) is 7.64. The number of anilines is 1. The minimum absolute atomic E-state index is 0.0747. The summed E-state index contributed by atoms with van der Waals surface area (Å²) in [7, 11) is 0. The van der Waals surface area contributed by atoms with Crippen molar-refractivity contribution in [3.8, 4) is 0 Å². The first-order valence-corrected chi connectivity index (χ1v) is 15.7. The number of fused-ring (bicyclic) bond motifs is 1. The van der Waals surface area contributed by atoms with Gasteiger partial charge in [-0.15, -0.1) is 0 Å². The van der Waals surface area contributed by atoms with Crippen LogP contribution in [-0.2, 0) is 19.1 Å². The molecule has 1 unspecified atom stereocenters. The fraction of sp³-hybridized carbons (Fsp3) is 0.767. The smallest absolute Gasteiger partial charge is 0.305 e. The molecule has 1 saturated heterocycles. The Morgan fingerprint density at radius 3 is 2.37 bits per heavy atom. The van der Waals surface area contributed by atoms with Gasteiger partial charge in [-0.2, -0.15) is 0 Å². The predicted octanol–water partition coefficient (Wildman–Crippen LogP) is 4.98. The van der Waals surface area contributed by atoms with Crippen molar-refractivity contribution in [1.29, 1.82) is 0 Å². The number of nitrogens with two attached hydrogens (primary N) is 1. The van der Waals surface area contributed by atoms with E-state index < -0.39 is 18.4 Å². The average Bonchev–Trinajstić information content (AvgIpc) is 3.56. The second kappa shape index (κ2) is 18.6. The molecule has 3 rings (SSSR count). The molecule has 0 spiro atoms. The van der Waals surface area contributed by atoms with Crippen LogP contribution in [0.2, 0.25) is 0 Å².